The van der Waals surface area contributed by atoms with Crippen LogP contribution in [0.3, 0.4) is 0 Å². The summed E-state index contributed by atoms with van der Waals surface area (Å²) in [7, 11) is 0.947. The number of benzene rings is 3. The van der Waals surface area contributed by atoms with Crippen molar-refractivity contribution in [3.8, 4) is 17.2 Å². The van der Waals surface area contributed by atoms with Crippen molar-refractivity contribution in [2.24, 2.45) is 5.92 Å². The number of hydrogen-bond acceptors (Lipinski definition) is 10. The Bertz CT molecular complexity index is 2090. The molecule has 0 radical (unpaired) electrons. The molecule has 304 valence electrons. The lowest BCUT2D eigenvalue weighted by atomic mass is 9.76. The van der Waals surface area contributed by atoms with E-state index in [-0.39, 0.29) is 23.0 Å². The van der Waals surface area contributed by atoms with Gasteiger partial charge in [0.15, 0.2) is 17.3 Å². The number of likely N-dealkylation sites (tertiary alicyclic amines) is 2. The van der Waals surface area contributed by atoms with Crippen LogP contribution in [0.15, 0.2) is 54.6 Å². The van der Waals surface area contributed by atoms with Gasteiger partial charge in [-0.25, -0.2) is 4.98 Å². The van der Waals surface area contributed by atoms with Crippen LogP contribution in [0.4, 0.5) is 0 Å². The van der Waals surface area contributed by atoms with E-state index in [0.717, 1.165) is 61.9 Å². The summed E-state index contributed by atoms with van der Waals surface area (Å²) in [4.78, 5) is 37.0. The molecule has 2 fully saturated rings. The molecule has 3 heterocycles. The number of ether oxygens (including phenoxy) is 4. The number of hydrogen-bond donors (Lipinski definition) is 1. The molecular formula is C40H50Cl2N4O9S. The Balaban J connectivity index is 0.00000113. The Labute approximate surface area is 338 Å². The molecule has 0 saturated carbocycles. The third-order valence-corrected chi connectivity index (χ3v) is 11.2. The van der Waals surface area contributed by atoms with Gasteiger partial charge in [0.2, 0.25) is 11.5 Å². The van der Waals surface area contributed by atoms with Gasteiger partial charge in [-0.3, -0.25) is 14.1 Å². The third-order valence-electron chi connectivity index (χ3n) is 10.5. The van der Waals surface area contributed by atoms with E-state index in [1.165, 1.54) is 21.3 Å². The van der Waals surface area contributed by atoms with E-state index in [1.54, 1.807) is 12.1 Å². The molecule has 56 heavy (non-hydrogen) atoms. The lowest BCUT2D eigenvalue weighted by Crippen LogP contribution is -2.41. The number of Topliss-reactive ketones (excluding diaryl/α,β-unsaturated/α-hetero) is 1. The molecule has 16 heteroatoms. The molecule has 1 N–H and O–H groups in total. The van der Waals surface area contributed by atoms with Crippen LogP contribution in [0, 0.1) is 5.92 Å². The molecule has 1 unspecified atom stereocenters. The summed E-state index contributed by atoms with van der Waals surface area (Å²) in [6, 6.07) is 17.1. The van der Waals surface area contributed by atoms with Crippen LogP contribution in [0.1, 0.15) is 59.1 Å². The minimum atomic E-state index is -3.67. The zero-order valence-electron chi connectivity index (χ0n) is 32.4. The molecular weight excluding hydrogens is 783 g/mol. The first-order valence-electron chi connectivity index (χ1n) is 18.5. The summed E-state index contributed by atoms with van der Waals surface area (Å²) in [6.45, 7) is 7.25. The lowest BCUT2D eigenvalue weighted by Gasteiger charge is -2.36. The van der Waals surface area contributed by atoms with Crippen molar-refractivity contribution in [2.75, 3.05) is 73.5 Å². The Kier molecular flexibility index (Phi) is 14.7. The first-order chi connectivity index (χ1) is 26.7. The minimum Gasteiger partial charge on any atom is -0.493 e. The number of piperidine rings is 1. The standard InChI is InChI=1S/C39H46Cl2N4O6.CH4O3S/c1-5-51-21-20-45-32-9-7-6-8-31(32)42-37(45)35(46)26-12-16-43(17-13-26)18-14-39(28-10-11-29(40)30(41)24-28)15-19-44(25-39)38(47)27-22-33(48-2)36(50-4)34(23-27)49-3;1-5(2,3)4/h6-11,22-24,26H,5,12-21,25H2,1-4H3;1H3,(H,2,3,4). The van der Waals surface area contributed by atoms with Gasteiger partial charge < -0.3 is 33.3 Å². The second-order valence-corrected chi connectivity index (χ2v) is 16.3. The average molecular weight is 834 g/mol. The van der Waals surface area contributed by atoms with Crippen molar-refractivity contribution in [1.29, 1.82) is 0 Å². The van der Waals surface area contributed by atoms with Gasteiger partial charge in [0.1, 0.15) is 0 Å². The van der Waals surface area contributed by atoms with Gasteiger partial charge in [-0.05, 0) is 94.2 Å². The summed E-state index contributed by atoms with van der Waals surface area (Å²) in [5, 5.41) is 0.992. The topological polar surface area (TPSA) is 150 Å². The van der Waals surface area contributed by atoms with Gasteiger partial charge in [0, 0.05) is 43.1 Å². The average Bonchev–Trinajstić information content (AvgIpc) is 3.79. The number of amides is 1. The number of imidazole rings is 1. The number of ketones is 1. The highest BCUT2D eigenvalue weighted by molar-refractivity contribution is 7.85. The van der Waals surface area contributed by atoms with Crippen LogP contribution < -0.4 is 14.2 Å². The molecule has 0 spiro atoms. The number of carbonyl (C=O) groups excluding carboxylic acids is 2. The van der Waals surface area contributed by atoms with E-state index in [2.05, 4.69) is 4.90 Å². The normalized spacial score (nSPS) is 17.8. The fourth-order valence-corrected chi connectivity index (χ4v) is 7.90. The molecule has 1 aromatic heterocycles. The zero-order valence-corrected chi connectivity index (χ0v) is 34.8. The number of para-hydroxylation sites is 2. The molecule has 2 saturated heterocycles. The summed E-state index contributed by atoms with van der Waals surface area (Å²) < 4.78 is 50.0. The lowest BCUT2D eigenvalue weighted by molar-refractivity contribution is 0.0777. The SMILES string of the molecule is CCOCCn1c(C(=O)C2CCN(CCC3(c4ccc(Cl)c(Cl)c4)CCN(C(=O)c4cc(OC)c(OC)c(OC)c4)C3)CC2)nc2ccccc21.CS(=O)(=O)O. The number of carbonyl (C=O) groups is 2. The number of halogens is 2. The van der Waals surface area contributed by atoms with E-state index in [4.69, 9.17) is 51.7 Å². The molecule has 6 rings (SSSR count). The first-order valence-corrected chi connectivity index (χ1v) is 21.1. The third kappa shape index (κ3) is 10.3. The zero-order chi connectivity index (χ0) is 40.6. The van der Waals surface area contributed by atoms with Crippen molar-refractivity contribution in [3.63, 3.8) is 0 Å². The van der Waals surface area contributed by atoms with Crippen LogP contribution in [0.2, 0.25) is 10.0 Å². The van der Waals surface area contributed by atoms with Gasteiger partial charge in [-0.1, -0.05) is 41.4 Å². The largest absolute Gasteiger partial charge is 0.493 e. The van der Waals surface area contributed by atoms with Crippen molar-refractivity contribution in [3.05, 3.63) is 81.6 Å². The summed E-state index contributed by atoms with van der Waals surface area (Å²) >= 11 is 12.9. The van der Waals surface area contributed by atoms with Gasteiger partial charge in [0.05, 0.1) is 55.3 Å². The number of nitrogens with zero attached hydrogens (tertiary/aromatic N) is 4. The van der Waals surface area contributed by atoms with Crippen molar-refractivity contribution in [2.45, 2.75) is 44.6 Å². The fourth-order valence-electron chi connectivity index (χ4n) is 7.61. The van der Waals surface area contributed by atoms with E-state index in [1.807, 2.05) is 58.9 Å². The molecule has 0 aliphatic carbocycles. The molecule has 0 bridgehead atoms. The smallest absolute Gasteiger partial charge is 0.261 e. The van der Waals surface area contributed by atoms with Crippen LogP contribution in [0.5, 0.6) is 17.2 Å². The summed E-state index contributed by atoms with van der Waals surface area (Å²) in [5.41, 5.74) is 2.99. The van der Waals surface area contributed by atoms with Gasteiger partial charge >= 0.3 is 0 Å². The van der Waals surface area contributed by atoms with Crippen LogP contribution in [0.25, 0.3) is 11.0 Å². The van der Waals surface area contributed by atoms with Crippen molar-refractivity contribution < 1.29 is 41.5 Å². The predicted octanol–water partition coefficient (Wildman–Crippen LogP) is 6.68. The summed E-state index contributed by atoms with van der Waals surface area (Å²) in [6.07, 6.45) is 3.83. The highest BCUT2D eigenvalue weighted by Crippen LogP contribution is 2.43. The Hall–Kier alpha value is -3.92. The maximum Gasteiger partial charge on any atom is 0.261 e. The predicted molar refractivity (Wildman–Crippen MR) is 217 cm³/mol. The Morgan fingerprint density at radius 3 is 2.20 bits per heavy atom. The van der Waals surface area contributed by atoms with Gasteiger partial charge in [-0.15, -0.1) is 0 Å². The Morgan fingerprint density at radius 2 is 1.59 bits per heavy atom. The van der Waals surface area contributed by atoms with Crippen molar-refractivity contribution in [1.82, 2.24) is 19.4 Å². The molecule has 1 atom stereocenters. The highest BCUT2D eigenvalue weighted by atomic mass is 35.5. The maximum absolute atomic E-state index is 14.0. The molecule has 3 aromatic carbocycles. The van der Waals surface area contributed by atoms with E-state index < -0.39 is 10.1 Å². The second kappa shape index (κ2) is 19.0. The molecule has 1 amide bonds. The quantitative estimate of drug-likeness (QED) is 0.0824. The van der Waals surface area contributed by atoms with E-state index >= 15 is 0 Å². The minimum absolute atomic E-state index is 0.0917. The molecule has 13 nitrogen and oxygen atoms in total. The van der Waals surface area contributed by atoms with Crippen LogP contribution >= 0.6 is 23.2 Å². The van der Waals surface area contributed by atoms with Crippen molar-refractivity contribution >= 4 is 56.0 Å². The summed E-state index contributed by atoms with van der Waals surface area (Å²) in [5.74, 6) is 1.73. The molecule has 2 aliphatic heterocycles. The number of fused-ring (bicyclic) bond motifs is 1. The van der Waals surface area contributed by atoms with E-state index in [9.17, 15) is 18.0 Å². The molecule has 2 aliphatic rings. The number of aromatic nitrogens is 2. The first kappa shape index (κ1) is 43.2. The highest BCUT2D eigenvalue weighted by Gasteiger charge is 2.42. The van der Waals surface area contributed by atoms with Crippen LogP contribution in [-0.4, -0.2) is 118 Å². The molecule has 4 aromatic rings. The van der Waals surface area contributed by atoms with E-state index in [0.29, 0.717) is 77.8 Å². The Morgan fingerprint density at radius 1 is 0.929 bits per heavy atom. The number of methoxy groups -OCH3 is 3. The maximum atomic E-state index is 14.0. The monoisotopic (exact) mass is 832 g/mol. The number of rotatable bonds is 14. The fraction of sp³-hybridized carbons (Fsp3) is 0.475. The van der Waals surface area contributed by atoms with Crippen LogP contribution in [-0.2, 0) is 26.8 Å². The van der Waals surface area contributed by atoms with Gasteiger partial charge in [-0.2, -0.15) is 8.42 Å². The second-order valence-electron chi connectivity index (χ2n) is 14.0. The van der Waals surface area contributed by atoms with Gasteiger partial charge in [0.25, 0.3) is 16.0 Å².